The molecule has 1 aromatic rings. The average Bonchev–Trinajstić information content (AvgIpc) is 2.48. The Morgan fingerprint density at radius 1 is 1.45 bits per heavy atom. The number of halogens is 2. The molecule has 0 spiro atoms. The molecule has 124 valence electrons. The quantitative estimate of drug-likeness (QED) is 0.405. The van der Waals surface area contributed by atoms with Crippen molar-refractivity contribution in [2.24, 2.45) is 10.7 Å². The predicted molar refractivity (Wildman–Crippen MR) is 107 cm³/mol. The fourth-order valence-corrected chi connectivity index (χ4v) is 3.30. The van der Waals surface area contributed by atoms with Gasteiger partial charge in [-0.2, -0.15) is 11.8 Å². The molecule has 0 saturated carbocycles. The van der Waals surface area contributed by atoms with E-state index in [2.05, 4.69) is 15.2 Å². The molecule has 0 aliphatic carbocycles. The molecule has 0 amide bonds. The first-order chi connectivity index (χ1) is 10.2. The number of anilines is 1. The first-order valence-electron chi connectivity index (χ1n) is 6.89. The summed E-state index contributed by atoms with van der Waals surface area (Å²) in [6.07, 6.45) is 0. The third kappa shape index (κ3) is 6.39. The van der Waals surface area contributed by atoms with Gasteiger partial charge >= 0.3 is 0 Å². The monoisotopic (exact) mass is 456 g/mol. The van der Waals surface area contributed by atoms with Gasteiger partial charge in [-0.05, 0) is 18.2 Å². The van der Waals surface area contributed by atoms with Crippen molar-refractivity contribution >= 4 is 59.0 Å². The summed E-state index contributed by atoms with van der Waals surface area (Å²) < 4.78 is 5.11. The highest BCUT2D eigenvalue weighted by Gasteiger charge is 2.09. The Morgan fingerprint density at radius 2 is 2.18 bits per heavy atom. The Bertz CT molecular complexity index is 498. The molecule has 1 aliphatic rings. The molecule has 0 unspecified atom stereocenters. The van der Waals surface area contributed by atoms with Crippen LogP contribution in [0.25, 0.3) is 0 Å². The zero-order valence-corrected chi connectivity index (χ0v) is 16.5. The molecule has 1 aromatic carbocycles. The summed E-state index contributed by atoms with van der Waals surface area (Å²) in [6.45, 7) is 3.93. The smallest absolute Gasteiger partial charge is 0.193 e. The van der Waals surface area contributed by atoms with Crippen molar-refractivity contribution < 1.29 is 4.74 Å². The number of rotatable bonds is 5. The molecular weight excluding hydrogens is 435 g/mol. The van der Waals surface area contributed by atoms with Crippen LogP contribution in [0.2, 0.25) is 5.02 Å². The number of thioether (sulfide) groups is 1. The van der Waals surface area contributed by atoms with E-state index in [-0.39, 0.29) is 24.0 Å². The van der Waals surface area contributed by atoms with Gasteiger partial charge in [-0.1, -0.05) is 11.6 Å². The largest absolute Gasteiger partial charge is 0.495 e. The molecule has 0 aromatic heterocycles. The number of guanidine groups is 1. The maximum Gasteiger partial charge on any atom is 0.193 e. The summed E-state index contributed by atoms with van der Waals surface area (Å²) in [5.41, 5.74) is 6.69. The number of nitrogens with zero attached hydrogens (tertiary/aromatic N) is 2. The van der Waals surface area contributed by atoms with Crippen LogP contribution in [-0.4, -0.2) is 55.7 Å². The van der Waals surface area contributed by atoms with Gasteiger partial charge < -0.3 is 15.8 Å². The highest BCUT2D eigenvalue weighted by molar-refractivity contribution is 14.0. The number of hydrogen-bond acceptors (Lipinski definition) is 4. The number of aliphatic imine (C=N–C) groups is 1. The molecule has 2 rings (SSSR count). The summed E-state index contributed by atoms with van der Waals surface area (Å²) in [7, 11) is 1.59. The van der Waals surface area contributed by atoms with E-state index in [9.17, 15) is 0 Å². The maximum absolute atomic E-state index is 6.06. The van der Waals surface area contributed by atoms with Crippen molar-refractivity contribution in [1.29, 1.82) is 0 Å². The molecular formula is C14H22ClIN4OS. The molecule has 1 heterocycles. The number of hydrogen-bond donors (Lipinski definition) is 2. The highest BCUT2D eigenvalue weighted by atomic mass is 127. The van der Waals surface area contributed by atoms with E-state index >= 15 is 0 Å². The third-order valence-corrected chi connectivity index (χ3v) is 4.46. The van der Waals surface area contributed by atoms with E-state index in [1.54, 1.807) is 19.2 Å². The maximum atomic E-state index is 6.06. The Morgan fingerprint density at radius 3 is 2.82 bits per heavy atom. The first-order valence-corrected chi connectivity index (χ1v) is 8.43. The van der Waals surface area contributed by atoms with Crippen LogP contribution in [0.4, 0.5) is 5.69 Å². The Labute approximate surface area is 158 Å². The number of benzene rings is 1. The molecule has 22 heavy (non-hydrogen) atoms. The van der Waals surface area contributed by atoms with Crippen molar-refractivity contribution in [3.63, 3.8) is 0 Å². The molecule has 0 bridgehead atoms. The minimum atomic E-state index is 0. The van der Waals surface area contributed by atoms with Crippen molar-refractivity contribution in [2.45, 2.75) is 0 Å². The summed E-state index contributed by atoms with van der Waals surface area (Å²) in [5.74, 6) is 3.46. The Hall–Kier alpha value is -0.380. The van der Waals surface area contributed by atoms with Crippen LogP contribution in [0, 0.1) is 0 Å². The number of ether oxygens (including phenoxy) is 1. The van der Waals surface area contributed by atoms with Gasteiger partial charge in [0, 0.05) is 36.8 Å². The van der Waals surface area contributed by atoms with Crippen LogP contribution in [-0.2, 0) is 0 Å². The van der Waals surface area contributed by atoms with E-state index in [4.69, 9.17) is 22.1 Å². The summed E-state index contributed by atoms with van der Waals surface area (Å²) in [6, 6.07) is 5.42. The molecule has 0 radical (unpaired) electrons. The SMILES string of the molecule is COc1ccc(NC(N)=NCCN2CCSCC2)cc1Cl.I. The van der Waals surface area contributed by atoms with Gasteiger partial charge in [-0.15, -0.1) is 24.0 Å². The second-order valence-electron chi connectivity index (χ2n) is 4.70. The van der Waals surface area contributed by atoms with Gasteiger partial charge in [-0.3, -0.25) is 9.89 Å². The van der Waals surface area contributed by atoms with Gasteiger partial charge in [0.2, 0.25) is 0 Å². The highest BCUT2D eigenvalue weighted by Crippen LogP contribution is 2.26. The van der Waals surface area contributed by atoms with Crippen LogP contribution in [0.1, 0.15) is 0 Å². The molecule has 3 N–H and O–H groups in total. The van der Waals surface area contributed by atoms with Crippen molar-refractivity contribution in [1.82, 2.24) is 4.90 Å². The molecule has 8 heteroatoms. The third-order valence-electron chi connectivity index (χ3n) is 3.23. The van der Waals surface area contributed by atoms with Crippen LogP contribution in [0.15, 0.2) is 23.2 Å². The van der Waals surface area contributed by atoms with Gasteiger partial charge in [0.15, 0.2) is 5.96 Å². The van der Waals surface area contributed by atoms with E-state index in [0.29, 0.717) is 23.3 Å². The van der Waals surface area contributed by atoms with E-state index in [1.807, 2.05) is 17.8 Å². The van der Waals surface area contributed by atoms with E-state index in [0.717, 1.165) is 25.3 Å². The van der Waals surface area contributed by atoms with Gasteiger partial charge in [0.1, 0.15) is 5.75 Å². The lowest BCUT2D eigenvalue weighted by atomic mass is 10.3. The molecule has 1 saturated heterocycles. The average molecular weight is 457 g/mol. The second-order valence-corrected chi connectivity index (χ2v) is 6.33. The number of nitrogens with two attached hydrogens (primary N) is 1. The van der Waals surface area contributed by atoms with Crippen LogP contribution in [0.3, 0.4) is 0 Å². The second kappa shape index (κ2) is 10.4. The predicted octanol–water partition coefficient (Wildman–Crippen LogP) is 2.74. The minimum Gasteiger partial charge on any atom is -0.495 e. The summed E-state index contributed by atoms with van der Waals surface area (Å²) in [5, 5.41) is 3.58. The minimum absolute atomic E-state index is 0. The molecule has 1 fully saturated rings. The Balaban J connectivity index is 0.00000242. The zero-order chi connectivity index (χ0) is 15.1. The van der Waals surface area contributed by atoms with E-state index < -0.39 is 0 Å². The van der Waals surface area contributed by atoms with Crippen LogP contribution in [0.5, 0.6) is 5.75 Å². The normalized spacial score (nSPS) is 16.0. The van der Waals surface area contributed by atoms with Crippen molar-refractivity contribution in [3.05, 3.63) is 23.2 Å². The summed E-state index contributed by atoms with van der Waals surface area (Å²) in [4.78, 5) is 6.76. The molecule has 1 aliphatic heterocycles. The fraction of sp³-hybridized carbons (Fsp3) is 0.500. The van der Waals surface area contributed by atoms with Gasteiger partial charge in [0.05, 0.1) is 18.7 Å². The van der Waals surface area contributed by atoms with Crippen LogP contribution >= 0.6 is 47.3 Å². The lowest BCUT2D eigenvalue weighted by Gasteiger charge is -2.25. The lowest BCUT2D eigenvalue weighted by Crippen LogP contribution is -2.35. The van der Waals surface area contributed by atoms with Gasteiger partial charge in [0.25, 0.3) is 0 Å². The first kappa shape index (κ1) is 19.7. The lowest BCUT2D eigenvalue weighted by molar-refractivity contribution is 0.311. The summed E-state index contributed by atoms with van der Waals surface area (Å²) >= 11 is 8.07. The Kier molecular flexibility index (Phi) is 9.30. The number of methoxy groups -OCH3 is 1. The van der Waals surface area contributed by atoms with Crippen molar-refractivity contribution in [2.75, 3.05) is 50.1 Å². The molecule has 0 atom stereocenters. The fourth-order valence-electron chi connectivity index (χ4n) is 2.07. The van der Waals surface area contributed by atoms with Crippen LogP contribution < -0.4 is 15.8 Å². The zero-order valence-electron chi connectivity index (χ0n) is 12.5. The number of nitrogens with one attached hydrogen (secondary N) is 1. The van der Waals surface area contributed by atoms with Gasteiger partial charge in [-0.25, -0.2) is 0 Å². The van der Waals surface area contributed by atoms with Crippen molar-refractivity contribution in [3.8, 4) is 5.75 Å². The topological polar surface area (TPSA) is 62.9 Å². The molecule has 5 nitrogen and oxygen atoms in total. The van der Waals surface area contributed by atoms with E-state index in [1.165, 1.54) is 11.5 Å². The standard InChI is InChI=1S/C14H21ClN4OS.HI/c1-20-13-3-2-11(10-12(13)15)18-14(16)17-4-5-19-6-8-21-9-7-19;/h2-3,10H,4-9H2,1H3,(H3,16,17,18);1H.